The molecule has 5 heterocycles. The molecular weight excluding hydrogens is 590 g/mol. The first-order valence-corrected chi connectivity index (χ1v) is 16.3. The smallest absolute Gasteiger partial charge is 0.272 e. The summed E-state index contributed by atoms with van der Waals surface area (Å²) >= 11 is 0. The van der Waals surface area contributed by atoms with Crippen LogP contribution in [0.5, 0.6) is 5.75 Å². The molecule has 0 spiro atoms. The highest BCUT2D eigenvalue weighted by Crippen LogP contribution is 2.41. The molecule has 240 valence electrons. The topological polar surface area (TPSA) is 121 Å². The molecule has 8 rings (SSSR count). The quantitative estimate of drug-likeness (QED) is 0.234. The molecule has 0 saturated heterocycles. The molecule has 11 nitrogen and oxygen atoms in total. The number of nitrogens with two attached hydrogens (primary N) is 1. The van der Waals surface area contributed by atoms with E-state index in [0.29, 0.717) is 35.0 Å². The van der Waals surface area contributed by atoms with Gasteiger partial charge in [-0.25, -0.2) is 15.0 Å². The van der Waals surface area contributed by atoms with Crippen LogP contribution >= 0.6 is 0 Å². The van der Waals surface area contributed by atoms with E-state index >= 15 is 0 Å². The van der Waals surface area contributed by atoms with Crippen molar-refractivity contribution in [1.82, 2.24) is 33.6 Å². The van der Waals surface area contributed by atoms with E-state index in [1.54, 1.807) is 13.4 Å². The average molecular weight is 630 g/mol. The zero-order valence-electron chi connectivity index (χ0n) is 27.0. The Bertz CT molecular complexity index is 2130. The number of carbonyl (C=O) groups excluding carboxylic acids is 1. The van der Waals surface area contributed by atoms with Gasteiger partial charge in [0.2, 0.25) is 0 Å². The summed E-state index contributed by atoms with van der Waals surface area (Å²) in [5.41, 5.74) is 12.7. The van der Waals surface area contributed by atoms with Gasteiger partial charge in [-0.3, -0.25) is 9.69 Å². The fourth-order valence-electron chi connectivity index (χ4n) is 7.74. The van der Waals surface area contributed by atoms with Gasteiger partial charge >= 0.3 is 0 Å². The number of ether oxygens (including phenoxy) is 1. The summed E-state index contributed by atoms with van der Waals surface area (Å²) in [5, 5.41) is 4.91. The highest BCUT2D eigenvalue weighted by Gasteiger charge is 2.31. The summed E-state index contributed by atoms with van der Waals surface area (Å²) in [6.07, 6.45) is 10.1. The van der Waals surface area contributed by atoms with Gasteiger partial charge in [0, 0.05) is 67.6 Å². The van der Waals surface area contributed by atoms with Crippen LogP contribution in [0.4, 0.5) is 11.5 Å². The Morgan fingerprint density at radius 2 is 1.81 bits per heavy atom. The SMILES string of the molecule is COc1cc(-c2cn([C@H]3CC[C@H](N4CCn5c(cnc5C)C4)CC3)c3ncnc(N)c23)ccc1NC(=O)c1cc2ccccc2n1C. The minimum absolute atomic E-state index is 0.204. The molecule has 4 aromatic heterocycles. The lowest BCUT2D eigenvalue weighted by Crippen LogP contribution is -2.43. The first-order chi connectivity index (χ1) is 22.9. The summed E-state index contributed by atoms with van der Waals surface area (Å²) in [7, 11) is 3.51. The van der Waals surface area contributed by atoms with Crippen LogP contribution in [0.15, 0.2) is 67.3 Å². The van der Waals surface area contributed by atoms with Crippen molar-refractivity contribution in [3.05, 3.63) is 84.5 Å². The van der Waals surface area contributed by atoms with Crippen molar-refractivity contribution >= 4 is 39.3 Å². The van der Waals surface area contributed by atoms with Crippen LogP contribution in [0.1, 0.15) is 53.7 Å². The van der Waals surface area contributed by atoms with Gasteiger partial charge in [0.25, 0.3) is 5.91 Å². The molecule has 11 heteroatoms. The van der Waals surface area contributed by atoms with Crippen molar-refractivity contribution in [3.8, 4) is 16.9 Å². The van der Waals surface area contributed by atoms with Gasteiger partial charge in [-0.05, 0) is 62.4 Å². The molecule has 2 aromatic carbocycles. The van der Waals surface area contributed by atoms with Gasteiger partial charge in [-0.1, -0.05) is 24.3 Å². The number of aromatic nitrogens is 6. The third-order valence-corrected chi connectivity index (χ3v) is 10.3. The molecule has 1 aliphatic carbocycles. The van der Waals surface area contributed by atoms with Crippen LogP contribution in [0.2, 0.25) is 0 Å². The van der Waals surface area contributed by atoms with Crippen molar-refractivity contribution < 1.29 is 9.53 Å². The second-order valence-corrected chi connectivity index (χ2v) is 12.8. The number of nitrogens with one attached hydrogen (secondary N) is 1. The predicted octanol–water partition coefficient (Wildman–Crippen LogP) is 5.94. The van der Waals surface area contributed by atoms with Gasteiger partial charge in [0.05, 0.1) is 23.9 Å². The number of hydrogen-bond acceptors (Lipinski definition) is 7. The minimum atomic E-state index is -0.204. The van der Waals surface area contributed by atoms with Gasteiger partial charge in [-0.15, -0.1) is 0 Å². The van der Waals surface area contributed by atoms with Gasteiger partial charge in [0.1, 0.15) is 35.1 Å². The van der Waals surface area contributed by atoms with Crippen LogP contribution in [-0.4, -0.2) is 59.2 Å². The zero-order chi connectivity index (χ0) is 32.2. The first kappa shape index (κ1) is 29.3. The number of nitrogen functional groups attached to an aromatic ring is 1. The average Bonchev–Trinajstić information content (AvgIpc) is 3.78. The molecule has 0 unspecified atom stereocenters. The van der Waals surface area contributed by atoms with Crippen LogP contribution in [0.3, 0.4) is 0 Å². The second kappa shape index (κ2) is 11.6. The van der Waals surface area contributed by atoms with E-state index in [1.165, 1.54) is 5.69 Å². The molecule has 2 aliphatic rings. The maximum Gasteiger partial charge on any atom is 0.272 e. The van der Waals surface area contributed by atoms with E-state index < -0.39 is 0 Å². The van der Waals surface area contributed by atoms with Crippen molar-refractivity contribution in [1.29, 1.82) is 0 Å². The molecular formula is C36H39N9O2. The van der Waals surface area contributed by atoms with E-state index in [9.17, 15) is 4.79 Å². The Hall–Kier alpha value is -5.16. The molecule has 1 amide bonds. The Balaban J connectivity index is 1.05. The van der Waals surface area contributed by atoms with E-state index in [4.69, 9.17) is 15.5 Å². The Morgan fingerprint density at radius 1 is 1.00 bits per heavy atom. The second-order valence-electron chi connectivity index (χ2n) is 12.8. The number of methoxy groups -OCH3 is 1. The molecule has 0 radical (unpaired) electrons. The largest absolute Gasteiger partial charge is 0.495 e. The summed E-state index contributed by atoms with van der Waals surface area (Å²) < 4.78 is 12.3. The van der Waals surface area contributed by atoms with Crippen LogP contribution in [0.25, 0.3) is 33.1 Å². The lowest BCUT2D eigenvalue weighted by molar-refractivity contribution is 0.101. The van der Waals surface area contributed by atoms with E-state index in [0.717, 1.165) is 84.2 Å². The number of amides is 1. The molecule has 1 fully saturated rings. The van der Waals surface area contributed by atoms with Crippen molar-refractivity contribution in [2.45, 2.75) is 57.8 Å². The van der Waals surface area contributed by atoms with E-state index in [2.05, 4.69) is 42.4 Å². The summed E-state index contributed by atoms with van der Waals surface area (Å²) in [6.45, 7) is 5.14. The number of benzene rings is 2. The molecule has 3 N–H and O–H groups in total. The Labute approximate surface area is 273 Å². The molecule has 47 heavy (non-hydrogen) atoms. The summed E-state index contributed by atoms with van der Waals surface area (Å²) in [6, 6.07) is 16.6. The lowest BCUT2D eigenvalue weighted by Gasteiger charge is -2.39. The molecule has 1 aliphatic heterocycles. The normalized spacial score (nSPS) is 18.4. The number of rotatable bonds is 6. The molecule has 0 atom stereocenters. The van der Waals surface area contributed by atoms with Crippen LogP contribution in [-0.2, 0) is 20.1 Å². The monoisotopic (exact) mass is 629 g/mol. The number of hydrogen-bond donors (Lipinski definition) is 2. The van der Waals surface area contributed by atoms with Crippen LogP contribution < -0.4 is 15.8 Å². The number of fused-ring (bicyclic) bond motifs is 3. The fraction of sp³-hybridized carbons (Fsp3) is 0.333. The van der Waals surface area contributed by atoms with Crippen molar-refractivity contribution in [3.63, 3.8) is 0 Å². The fourth-order valence-corrected chi connectivity index (χ4v) is 7.74. The zero-order valence-corrected chi connectivity index (χ0v) is 27.0. The highest BCUT2D eigenvalue weighted by atomic mass is 16.5. The Kier molecular flexibility index (Phi) is 7.20. The highest BCUT2D eigenvalue weighted by molar-refractivity contribution is 6.07. The maximum absolute atomic E-state index is 13.4. The van der Waals surface area contributed by atoms with Crippen LogP contribution in [0, 0.1) is 6.92 Å². The molecule has 0 bridgehead atoms. The third-order valence-electron chi connectivity index (χ3n) is 10.3. The number of aryl methyl sites for hydroxylation is 2. The maximum atomic E-state index is 13.4. The lowest BCUT2D eigenvalue weighted by atomic mass is 9.89. The first-order valence-electron chi connectivity index (χ1n) is 16.3. The summed E-state index contributed by atoms with van der Waals surface area (Å²) in [5.74, 6) is 1.91. The Morgan fingerprint density at radius 3 is 2.62 bits per heavy atom. The van der Waals surface area contributed by atoms with Gasteiger partial charge in [-0.2, -0.15) is 0 Å². The standard InChI is InChI=1S/C36H39N9O2/c1-22-38-18-27-19-43(14-15-44(22)27)25-9-11-26(12-10-25)45-20-28(33-34(37)39-21-40-35(33)45)23-8-13-29(32(17-23)47-3)41-36(46)31-16-24-6-4-5-7-30(24)42(31)2/h4-8,13,16-18,20-21,25-26H,9-12,14-15,19H2,1-3H3,(H,41,46)(H2,37,39,40)/t25-,26-. The van der Waals surface area contributed by atoms with E-state index in [1.807, 2.05) is 66.3 Å². The number of nitrogens with zero attached hydrogens (tertiary/aromatic N) is 7. The van der Waals surface area contributed by atoms with Crippen molar-refractivity contribution in [2.75, 3.05) is 24.7 Å². The van der Waals surface area contributed by atoms with Gasteiger partial charge < -0.3 is 29.5 Å². The number of anilines is 2. The predicted molar refractivity (Wildman–Crippen MR) is 183 cm³/mol. The molecule has 6 aromatic rings. The van der Waals surface area contributed by atoms with Gasteiger partial charge in [0.15, 0.2) is 0 Å². The van der Waals surface area contributed by atoms with E-state index in [-0.39, 0.29) is 5.91 Å². The third kappa shape index (κ3) is 5.01. The number of para-hydroxylation sites is 1. The summed E-state index contributed by atoms with van der Waals surface area (Å²) in [4.78, 5) is 29.6. The minimum Gasteiger partial charge on any atom is -0.495 e. The molecule has 1 saturated carbocycles. The van der Waals surface area contributed by atoms with Crippen molar-refractivity contribution in [2.24, 2.45) is 7.05 Å². The number of imidazole rings is 1. The number of carbonyl (C=O) groups is 1.